The minimum absolute atomic E-state index is 1.36. The fourth-order valence-corrected chi connectivity index (χ4v) is 3.65. The number of hydrogen-bond acceptors (Lipinski definition) is 1. The molecule has 1 aromatic carbocycles. The van der Waals surface area contributed by atoms with Gasteiger partial charge in [0.25, 0.3) is 0 Å². The Hall–Kier alpha value is 0.640. The SMILES string of the molecule is Cc1cc2c(I)csc2cc1I. The van der Waals surface area contributed by atoms with Crippen molar-refractivity contribution in [2.75, 3.05) is 0 Å². The lowest BCUT2D eigenvalue weighted by molar-refractivity contribution is 1.47. The molecule has 0 saturated heterocycles. The monoisotopic (exact) mass is 400 g/mol. The minimum Gasteiger partial charge on any atom is -0.143 e. The Kier molecular flexibility index (Phi) is 2.62. The van der Waals surface area contributed by atoms with Crippen molar-refractivity contribution in [2.45, 2.75) is 6.92 Å². The molecule has 0 saturated carbocycles. The molecule has 0 aliphatic heterocycles. The summed E-state index contributed by atoms with van der Waals surface area (Å²) in [5.74, 6) is 0. The predicted octanol–water partition coefficient (Wildman–Crippen LogP) is 4.42. The molecule has 0 N–H and O–H groups in total. The minimum atomic E-state index is 1.36. The normalized spacial score (nSPS) is 10.9. The van der Waals surface area contributed by atoms with E-state index in [1.807, 2.05) is 11.3 Å². The molecule has 0 radical (unpaired) electrons. The van der Waals surface area contributed by atoms with Gasteiger partial charge in [-0.15, -0.1) is 11.3 Å². The highest BCUT2D eigenvalue weighted by molar-refractivity contribution is 14.1. The van der Waals surface area contributed by atoms with E-state index in [0.717, 1.165) is 0 Å². The quantitative estimate of drug-likeness (QED) is 0.575. The van der Waals surface area contributed by atoms with E-state index >= 15 is 0 Å². The number of thiophene rings is 1. The van der Waals surface area contributed by atoms with Crippen molar-refractivity contribution < 1.29 is 0 Å². The Morgan fingerprint density at radius 2 is 1.92 bits per heavy atom. The third-order valence-electron chi connectivity index (χ3n) is 1.81. The summed E-state index contributed by atoms with van der Waals surface area (Å²) < 4.78 is 4.12. The van der Waals surface area contributed by atoms with Crippen LogP contribution >= 0.6 is 56.5 Å². The topological polar surface area (TPSA) is 0 Å². The van der Waals surface area contributed by atoms with Crippen LogP contribution in [0.1, 0.15) is 5.56 Å². The zero-order valence-electron chi connectivity index (χ0n) is 6.40. The molecule has 0 spiro atoms. The first-order valence-electron chi connectivity index (χ1n) is 3.51. The summed E-state index contributed by atoms with van der Waals surface area (Å²) in [7, 11) is 0. The molecule has 62 valence electrons. The van der Waals surface area contributed by atoms with Crippen LogP contribution in [0.4, 0.5) is 0 Å². The molecule has 1 aromatic heterocycles. The van der Waals surface area contributed by atoms with Crippen LogP contribution in [0.5, 0.6) is 0 Å². The molecule has 0 aliphatic rings. The second-order valence-electron chi connectivity index (χ2n) is 2.68. The maximum atomic E-state index is 2.39. The second-order valence-corrected chi connectivity index (χ2v) is 5.92. The van der Waals surface area contributed by atoms with Crippen LogP contribution in [-0.4, -0.2) is 0 Å². The van der Waals surface area contributed by atoms with Crippen LogP contribution in [0.25, 0.3) is 10.1 Å². The van der Waals surface area contributed by atoms with E-state index in [4.69, 9.17) is 0 Å². The highest BCUT2D eigenvalue weighted by Gasteiger charge is 2.03. The average Bonchev–Trinajstić information content (AvgIpc) is 2.35. The summed E-state index contributed by atoms with van der Waals surface area (Å²) in [5.41, 5.74) is 1.37. The number of hydrogen-bond donors (Lipinski definition) is 0. The largest absolute Gasteiger partial charge is 0.143 e. The first-order valence-corrected chi connectivity index (χ1v) is 6.55. The Balaban J connectivity index is 2.87. The Morgan fingerprint density at radius 1 is 1.17 bits per heavy atom. The molecule has 0 unspecified atom stereocenters. The molecule has 0 aliphatic carbocycles. The average molecular weight is 400 g/mol. The van der Waals surface area contributed by atoms with Gasteiger partial charge in [0, 0.05) is 22.6 Å². The van der Waals surface area contributed by atoms with Crippen molar-refractivity contribution >= 4 is 66.6 Å². The zero-order valence-corrected chi connectivity index (χ0v) is 11.5. The molecule has 12 heavy (non-hydrogen) atoms. The van der Waals surface area contributed by atoms with E-state index in [9.17, 15) is 0 Å². The van der Waals surface area contributed by atoms with E-state index in [0.29, 0.717) is 0 Å². The van der Waals surface area contributed by atoms with Crippen molar-refractivity contribution in [3.63, 3.8) is 0 Å². The summed E-state index contributed by atoms with van der Waals surface area (Å²) in [6, 6.07) is 4.54. The van der Waals surface area contributed by atoms with E-state index in [1.165, 1.54) is 22.8 Å². The lowest BCUT2D eigenvalue weighted by atomic mass is 10.2. The van der Waals surface area contributed by atoms with Gasteiger partial charge in [0.2, 0.25) is 0 Å². The van der Waals surface area contributed by atoms with Crippen LogP contribution < -0.4 is 0 Å². The molecule has 0 amide bonds. The van der Waals surface area contributed by atoms with Gasteiger partial charge in [-0.3, -0.25) is 0 Å². The van der Waals surface area contributed by atoms with Crippen molar-refractivity contribution in [1.82, 2.24) is 0 Å². The number of aryl methyl sites for hydroxylation is 1. The molecule has 2 rings (SSSR count). The zero-order chi connectivity index (χ0) is 8.72. The van der Waals surface area contributed by atoms with Crippen LogP contribution in [0.2, 0.25) is 0 Å². The molecular formula is C9H6I2S. The predicted molar refractivity (Wildman–Crippen MR) is 72.0 cm³/mol. The van der Waals surface area contributed by atoms with Crippen LogP contribution in [-0.2, 0) is 0 Å². The number of halogens is 2. The maximum Gasteiger partial charge on any atom is 0.0364 e. The maximum absolute atomic E-state index is 2.39. The number of rotatable bonds is 0. The first kappa shape index (κ1) is 9.21. The molecule has 0 fully saturated rings. The summed E-state index contributed by atoms with van der Waals surface area (Å²) >= 11 is 6.60. The van der Waals surface area contributed by atoms with Gasteiger partial charge >= 0.3 is 0 Å². The Labute approximate surface area is 103 Å². The summed E-state index contributed by atoms with van der Waals surface area (Å²) in [6.45, 7) is 2.16. The third-order valence-corrected chi connectivity index (χ3v) is 5.23. The van der Waals surface area contributed by atoms with Gasteiger partial charge in [0.1, 0.15) is 0 Å². The van der Waals surface area contributed by atoms with Gasteiger partial charge in [-0.05, 0) is 69.8 Å². The summed E-state index contributed by atoms with van der Waals surface area (Å²) in [4.78, 5) is 0. The number of fused-ring (bicyclic) bond motifs is 1. The van der Waals surface area contributed by atoms with Gasteiger partial charge in [0.05, 0.1) is 0 Å². The highest BCUT2D eigenvalue weighted by Crippen LogP contribution is 2.30. The van der Waals surface area contributed by atoms with Crippen LogP contribution in [0.3, 0.4) is 0 Å². The Bertz CT molecular complexity index is 431. The van der Waals surface area contributed by atoms with E-state index < -0.39 is 0 Å². The summed E-state index contributed by atoms with van der Waals surface area (Å²) in [5, 5.41) is 3.61. The van der Waals surface area contributed by atoms with E-state index in [2.05, 4.69) is 69.6 Å². The van der Waals surface area contributed by atoms with Crippen molar-refractivity contribution in [2.24, 2.45) is 0 Å². The second kappa shape index (κ2) is 3.42. The molecule has 0 nitrogen and oxygen atoms in total. The van der Waals surface area contributed by atoms with Gasteiger partial charge in [0.15, 0.2) is 0 Å². The number of benzene rings is 1. The fraction of sp³-hybridized carbons (Fsp3) is 0.111. The van der Waals surface area contributed by atoms with E-state index in [-0.39, 0.29) is 0 Å². The van der Waals surface area contributed by atoms with Crippen molar-refractivity contribution in [3.05, 3.63) is 30.2 Å². The lowest BCUT2D eigenvalue weighted by Gasteiger charge is -1.97. The molecule has 3 heteroatoms. The highest BCUT2D eigenvalue weighted by atomic mass is 127. The molecule has 2 aromatic rings. The lowest BCUT2D eigenvalue weighted by Crippen LogP contribution is -1.78. The van der Waals surface area contributed by atoms with E-state index in [1.54, 1.807) is 0 Å². The van der Waals surface area contributed by atoms with Gasteiger partial charge in [-0.25, -0.2) is 0 Å². The third kappa shape index (κ3) is 1.50. The fourth-order valence-electron chi connectivity index (χ4n) is 1.13. The van der Waals surface area contributed by atoms with Crippen LogP contribution in [0, 0.1) is 14.1 Å². The van der Waals surface area contributed by atoms with Crippen molar-refractivity contribution in [3.8, 4) is 0 Å². The molecule has 0 bridgehead atoms. The molecule has 0 atom stereocenters. The molecular weight excluding hydrogens is 394 g/mol. The first-order chi connectivity index (χ1) is 5.68. The van der Waals surface area contributed by atoms with Crippen molar-refractivity contribution in [1.29, 1.82) is 0 Å². The molecule has 1 heterocycles. The smallest absolute Gasteiger partial charge is 0.0364 e. The van der Waals surface area contributed by atoms with Gasteiger partial charge in [-0.2, -0.15) is 0 Å². The van der Waals surface area contributed by atoms with Gasteiger partial charge in [-0.1, -0.05) is 0 Å². The Morgan fingerprint density at radius 3 is 2.67 bits per heavy atom. The van der Waals surface area contributed by atoms with Gasteiger partial charge < -0.3 is 0 Å². The standard InChI is InChI=1S/C9H6I2S/c1-5-2-6-8(11)4-12-9(6)3-7(5)10/h2-4H,1H3. The summed E-state index contributed by atoms with van der Waals surface area (Å²) in [6.07, 6.45) is 0. The van der Waals surface area contributed by atoms with Crippen LogP contribution in [0.15, 0.2) is 17.5 Å².